The van der Waals surface area contributed by atoms with Crippen molar-refractivity contribution < 1.29 is 24.0 Å². The number of carbonyl (C=O) groups excluding carboxylic acids is 3. The van der Waals surface area contributed by atoms with Crippen LogP contribution in [-0.4, -0.2) is 72.0 Å². The van der Waals surface area contributed by atoms with Gasteiger partial charge < -0.3 is 14.5 Å². The highest BCUT2D eigenvalue weighted by molar-refractivity contribution is 6.06. The number of hydrogen-bond acceptors (Lipinski definition) is 7. The van der Waals surface area contributed by atoms with Crippen molar-refractivity contribution in [2.24, 2.45) is 0 Å². The van der Waals surface area contributed by atoms with E-state index in [0.717, 1.165) is 24.2 Å². The number of hydrogen-bond donors (Lipinski definition) is 1. The van der Waals surface area contributed by atoms with Gasteiger partial charge in [0.2, 0.25) is 0 Å². The monoisotopic (exact) mass is 587 g/mol. The van der Waals surface area contributed by atoms with Gasteiger partial charge in [-0.3, -0.25) is 29.9 Å². The maximum Gasteiger partial charge on any atom is 0.411 e. The number of benzene rings is 3. The molecular weight excluding hydrogens is 550 g/mol. The van der Waals surface area contributed by atoms with E-state index in [4.69, 9.17) is 4.74 Å². The topological polar surface area (TPSA) is 125 Å². The predicted octanol–water partition coefficient (Wildman–Crippen LogP) is 5.41. The molecular formula is C32H37N5O6. The van der Waals surface area contributed by atoms with Gasteiger partial charge in [-0.25, -0.2) is 4.79 Å². The molecule has 4 rings (SSSR count). The number of nitrogens with zero attached hydrogens (tertiary/aromatic N) is 4. The molecule has 3 amide bonds. The number of carbonyl (C=O) groups is 3. The lowest BCUT2D eigenvalue weighted by molar-refractivity contribution is -0.384. The van der Waals surface area contributed by atoms with Crippen LogP contribution in [0.25, 0.3) is 0 Å². The Bertz CT molecular complexity index is 1470. The molecule has 0 aromatic heterocycles. The highest BCUT2D eigenvalue weighted by Crippen LogP contribution is 2.38. The summed E-state index contributed by atoms with van der Waals surface area (Å²) in [5.74, 6) is -0.713. The van der Waals surface area contributed by atoms with E-state index in [0.29, 0.717) is 36.4 Å². The Balaban J connectivity index is 1.71. The maximum absolute atomic E-state index is 14.3. The minimum absolute atomic E-state index is 0.118. The molecule has 0 fully saturated rings. The Morgan fingerprint density at radius 2 is 1.58 bits per heavy atom. The van der Waals surface area contributed by atoms with E-state index in [1.165, 1.54) is 29.2 Å². The number of anilines is 3. The summed E-state index contributed by atoms with van der Waals surface area (Å²) in [6.45, 7) is 8.20. The zero-order valence-electron chi connectivity index (χ0n) is 24.7. The average molecular weight is 588 g/mol. The molecule has 1 aliphatic rings. The molecule has 3 aromatic rings. The van der Waals surface area contributed by atoms with E-state index in [9.17, 15) is 24.5 Å². The Morgan fingerprint density at radius 1 is 0.907 bits per heavy atom. The third-order valence-corrected chi connectivity index (χ3v) is 7.51. The van der Waals surface area contributed by atoms with Crippen LogP contribution in [0.4, 0.5) is 27.5 Å². The lowest BCUT2D eigenvalue weighted by atomic mass is 10.0. The van der Waals surface area contributed by atoms with Gasteiger partial charge in [-0.05, 0) is 74.3 Å². The summed E-state index contributed by atoms with van der Waals surface area (Å²) in [7, 11) is 0. The summed E-state index contributed by atoms with van der Waals surface area (Å²) in [6.07, 6.45) is 0.805. The smallest absolute Gasteiger partial charge is 0.411 e. The summed E-state index contributed by atoms with van der Waals surface area (Å²) >= 11 is 0. The van der Waals surface area contributed by atoms with Crippen LogP contribution in [0.2, 0.25) is 0 Å². The molecule has 43 heavy (non-hydrogen) atoms. The second-order valence-corrected chi connectivity index (χ2v) is 10.1. The molecule has 11 heteroatoms. The molecule has 1 heterocycles. The quantitative estimate of drug-likeness (QED) is 0.235. The lowest BCUT2D eigenvalue weighted by Gasteiger charge is -2.30. The second kappa shape index (κ2) is 14.4. The third kappa shape index (κ3) is 7.55. The zero-order valence-corrected chi connectivity index (χ0v) is 24.7. The Kier molecular flexibility index (Phi) is 10.4. The number of likely N-dealkylation sites (N-methyl/N-ethyl adjacent to an activating group) is 1. The van der Waals surface area contributed by atoms with Gasteiger partial charge in [0.15, 0.2) is 0 Å². The van der Waals surface area contributed by atoms with E-state index >= 15 is 0 Å². The van der Waals surface area contributed by atoms with Crippen LogP contribution in [0.5, 0.6) is 0 Å². The molecule has 0 bridgehead atoms. The fourth-order valence-corrected chi connectivity index (χ4v) is 5.15. The number of nitro benzene ring substituents is 1. The molecule has 0 atom stereocenters. The van der Waals surface area contributed by atoms with Crippen molar-refractivity contribution in [2.45, 2.75) is 33.6 Å². The van der Waals surface area contributed by atoms with Crippen LogP contribution < -0.4 is 10.2 Å². The van der Waals surface area contributed by atoms with Gasteiger partial charge in [0, 0.05) is 36.5 Å². The number of aryl methyl sites for hydroxylation is 2. The molecule has 1 N–H and O–H groups in total. The molecule has 0 aliphatic carbocycles. The Hall–Kier alpha value is -4.77. The molecule has 0 saturated heterocycles. The van der Waals surface area contributed by atoms with Gasteiger partial charge in [0.1, 0.15) is 6.54 Å². The average Bonchev–Trinajstić information content (AvgIpc) is 3.17. The highest BCUT2D eigenvalue weighted by atomic mass is 16.6. The normalized spacial score (nSPS) is 12.1. The van der Waals surface area contributed by atoms with E-state index < -0.39 is 16.9 Å². The lowest BCUT2D eigenvalue weighted by Crippen LogP contribution is -2.45. The van der Waals surface area contributed by atoms with Crippen molar-refractivity contribution in [1.29, 1.82) is 0 Å². The first-order chi connectivity index (χ1) is 20.7. The number of non-ortho nitro benzene ring substituents is 1. The standard InChI is InChI=1S/C32H37N5O6/c1-4-34(5-2)19-20-35(31(39)25-14-17-27(18-15-25)37(41)42)22-30(38)36-28-10-8-7-9-23(28)11-12-24-13-16-26(21-29(24)36)33-32(40)43-6-3/h7-10,13-18,21H,4-6,11-12,19-20,22H2,1-3H3,(H,33,40). The first-order valence-electron chi connectivity index (χ1n) is 14.5. The SMILES string of the molecule is CCOC(=O)Nc1ccc2c(c1)N(C(=O)CN(CCN(CC)CC)C(=O)c1ccc([N+](=O)[O-])cc1)c1ccccc1CC2. The van der Waals surface area contributed by atoms with Crippen molar-refractivity contribution in [2.75, 3.05) is 49.5 Å². The van der Waals surface area contributed by atoms with Crippen LogP contribution in [0.1, 0.15) is 42.3 Å². The fourth-order valence-electron chi connectivity index (χ4n) is 5.15. The molecule has 0 spiro atoms. The van der Waals surface area contributed by atoms with Crippen LogP contribution >= 0.6 is 0 Å². The Labute approximate surface area is 251 Å². The Morgan fingerprint density at radius 3 is 2.23 bits per heavy atom. The van der Waals surface area contributed by atoms with Gasteiger partial charge in [-0.1, -0.05) is 38.1 Å². The summed E-state index contributed by atoms with van der Waals surface area (Å²) in [4.78, 5) is 56.1. The number of rotatable bonds is 11. The largest absolute Gasteiger partial charge is 0.450 e. The van der Waals surface area contributed by atoms with E-state index in [-0.39, 0.29) is 36.9 Å². The predicted molar refractivity (Wildman–Crippen MR) is 165 cm³/mol. The summed E-state index contributed by atoms with van der Waals surface area (Å²) < 4.78 is 5.04. The van der Waals surface area contributed by atoms with Gasteiger partial charge in [-0.2, -0.15) is 0 Å². The summed E-state index contributed by atoms with van der Waals surface area (Å²) in [5.41, 5.74) is 3.87. The van der Waals surface area contributed by atoms with Crippen molar-refractivity contribution in [1.82, 2.24) is 9.80 Å². The van der Waals surface area contributed by atoms with Gasteiger partial charge >= 0.3 is 6.09 Å². The molecule has 226 valence electrons. The fraction of sp³-hybridized carbons (Fsp3) is 0.344. The molecule has 0 saturated carbocycles. The maximum atomic E-state index is 14.3. The number of ether oxygens (including phenoxy) is 1. The first kappa shape index (κ1) is 31.2. The number of fused-ring (bicyclic) bond motifs is 2. The van der Waals surface area contributed by atoms with Gasteiger partial charge in [-0.15, -0.1) is 0 Å². The van der Waals surface area contributed by atoms with Crippen LogP contribution in [0.15, 0.2) is 66.7 Å². The zero-order chi connectivity index (χ0) is 30.9. The van der Waals surface area contributed by atoms with Crippen molar-refractivity contribution >= 4 is 40.7 Å². The van der Waals surface area contributed by atoms with E-state index in [1.807, 2.05) is 44.2 Å². The number of para-hydroxylation sites is 1. The molecule has 11 nitrogen and oxygen atoms in total. The van der Waals surface area contributed by atoms with Crippen molar-refractivity contribution in [3.8, 4) is 0 Å². The van der Waals surface area contributed by atoms with Crippen LogP contribution in [0, 0.1) is 10.1 Å². The molecule has 1 aliphatic heterocycles. The molecule has 3 aromatic carbocycles. The third-order valence-electron chi connectivity index (χ3n) is 7.51. The van der Waals surface area contributed by atoms with E-state index in [2.05, 4.69) is 10.2 Å². The number of amides is 3. The van der Waals surface area contributed by atoms with Crippen LogP contribution in [0.3, 0.4) is 0 Å². The molecule has 0 radical (unpaired) electrons. The molecule has 0 unspecified atom stereocenters. The van der Waals surface area contributed by atoms with Crippen molar-refractivity contribution in [3.05, 3.63) is 93.5 Å². The van der Waals surface area contributed by atoms with Gasteiger partial charge in [0.25, 0.3) is 17.5 Å². The van der Waals surface area contributed by atoms with Crippen LogP contribution in [-0.2, 0) is 22.4 Å². The second-order valence-electron chi connectivity index (χ2n) is 10.1. The minimum Gasteiger partial charge on any atom is -0.450 e. The van der Waals surface area contributed by atoms with E-state index in [1.54, 1.807) is 24.0 Å². The first-order valence-corrected chi connectivity index (χ1v) is 14.5. The minimum atomic E-state index is -0.592. The van der Waals surface area contributed by atoms with Crippen molar-refractivity contribution in [3.63, 3.8) is 0 Å². The number of nitrogens with one attached hydrogen (secondary N) is 1. The number of nitro groups is 1. The summed E-state index contributed by atoms with van der Waals surface area (Å²) in [5, 5.41) is 13.9. The van der Waals surface area contributed by atoms with Gasteiger partial charge in [0.05, 0.1) is 22.9 Å². The highest BCUT2D eigenvalue weighted by Gasteiger charge is 2.29. The summed E-state index contributed by atoms with van der Waals surface area (Å²) in [6, 6.07) is 18.5.